The lowest BCUT2D eigenvalue weighted by molar-refractivity contribution is -0.137. The molecule has 0 radical (unpaired) electrons. The highest BCUT2D eigenvalue weighted by Gasteiger charge is 1.98. The molecule has 0 aliphatic carbocycles. The standard InChI is InChI=1S/C12H15NO3/c1-3-16-12(15)8-9(2)13-10-4-6-11(14)7-5-10/h4-8,13-14H,3H2,1-2H3/b9-8+. The topological polar surface area (TPSA) is 58.6 Å². The summed E-state index contributed by atoms with van der Waals surface area (Å²) in [4.78, 5) is 11.1. The normalized spacial score (nSPS) is 11.0. The molecule has 0 atom stereocenters. The van der Waals surface area contributed by atoms with E-state index in [0.717, 1.165) is 5.69 Å². The fraction of sp³-hybridized carbons (Fsp3) is 0.250. The zero-order valence-corrected chi connectivity index (χ0v) is 9.36. The van der Waals surface area contributed by atoms with Crippen LogP contribution in [-0.4, -0.2) is 17.7 Å². The second-order valence-corrected chi connectivity index (χ2v) is 3.25. The highest BCUT2D eigenvalue weighted by molar-refractivity contribution is 5.83. The van der Waals surface area contributed by atoms with E-state index in [1.54, 1.807) is 38.1 Å². The number of benzene rings is 1. The van der Waals surface area contributed by atoms with Crippen molar-refractivity contribution >= 4 is 11.7 Å². The van der Waals surface area contributed by atoms with Crippen LogP contribution in [-0.2, 0) is 9.53 Å². The van der Waals surface area contributed by atoms with Crippen molar-refractivity contribution in [1.29, 1.82) is 0 Å². The molecule has 0 aliphatic heterocycles. The van der Waals surface area contributed by atoms with Crippen LogP contribution in [0, 0.1) is 0 Å². The van der Waals surface area contributed by atoms with Gasteiger partial charge in [-0.3, -0.25) is 0 Å². The quantitative estimate of drug-likeness (QED) is 0.465. The summed E-state index contributed by atoms with van der Waals surface area (Å²) in [5, 5.41) is 12.1. The number of ether oxygens (including phenoxy) is 1. The molecule has 0 saturated carbocycles. The van der Waals surface area contributed by atoms with Crippen molar-refractivity contribution in [3.8, 4) is 5.75 Å². The van der Waals surface area contributed by atoms with E-state index >= 15 is 0 Å². The summed E-state index contributed by atoms with van der Waals surface area (Å²) in [6, 6.07) is 6.58. The lowest BCUT2D eigenvalue weighted by Crippen LogP contribution is -2.04. The lowest BCUT2D eigenvalue weighted by atomic mass is 10.3. The number of carbonyl (C=O) groups is 1. The Morgan fingerprint density at radius 2 is 2.06 bits per heavy atom. The molecule has 2 N–H and O–H groups in total. The predicted molar refractivity (Wildman–Crippen MR) is 62.1 cm³/mol. The molecule has 86 valence electrons. The maximum Gasteiger partial charge on any atom is 0.332 e. The second-order valence-electron chi connectivity index (χ2n) is 3.25. The number of phenolic OH excluding ortho intramolecular Hbond substituents is 1. The van der Waals surface area contributed by atoms with Crippen LogP contribution >= 0.6 is 0 Å². The number of rotatable bonds is 4. The summed E-state index contributed by atoms with van der Waals surface area (Å²) in [6.45, 7) is 3.89. The molecule has 4 nitrogen and oxygen atoms in total. The Hall–Kier alpha value is -1.97. The van der Waals surface area contributed by atoms with Gasteiger partial charge in [0, 0.05) is 17.5 Å². The van der Waals surface area contributed by atoms with Crippen LogP contribution in [0.25, 0.3) is 0 Å². The van der Waals surface area contributed by atoms with Gasteiger partial charge in [0.25, 0.3) is 0 Å². The molecule has 0 fully saturated rings. The first-order valence-electron chi connectivity index (χ1n) is 5.03. The molecule has 4 heteroatoms. The Bertz CT molecular complexity index is 382. The van der Waals surface area contributed by atoms with Crippen molar-refractivity contribution < 1.29 is 14.6 Å². The second kappa shape index (κ2) is 5.80. The van der Waals surface area contributed by atoms with Crippen molar-refractivity contribution in [2.75, 3.05) is 11.9 Å². The Labute approximate surface area is 94.6 Å². The molecule has 1 aromatic rings. The number of anilines is 1. The largest absolute Gasteiger partial charge is 0.508 e. The third-order valence-corrected chi connectivity index (χ3v) is 1.83. The molecule has 1 aromatic carbocycles. The van der Waals surface area contributed by atoms with Gasteiger partial charge in [-0.15, -0.1) is 0 Å². The van der Waals surface area contributed by atoms with Gasteiger partial charge in [0.05, 0.1) is 6.61 Å². The fourth-order valence-corrected chi connectivity index (χ4v) is 1.17. The van der Waals surface area contributed by atoms with E-state index in [0.29, 0.717) is 12.3 Å². The molecule has 0 bridgehead atoms. The van der Waals surface area contributed by atoms with E-state index in [4.69, 9.17) is 9.84 Å². The van der Waals surface area contributed by atoms with Crippen LogP contribution < -0.4 is 5.32 Å². The summed E-state index contributed by atoms with van der Waals surface area (Å²) in [6.07, 6.45) is 1.39. The van der Waals surface area contributed by atoms with Crippen molar-refractivity contribution in [3.63, 3.8) is 0 Å². The third kappa shape index (κ3) is 4.04. The van der Waals surface area contributed by atoms with Crippen LogP contribution in [0.1, 0.15) is 13.8 Å². The molecular formula is C12H15NO3. The Morgan fingerprint density at radius 1 is 1.44 bits per heavy atom. The van der Waals surface area contributed by atoms with Gasteiger partial charge < -0.3 is 15.2 Å². The van der Waals surface area contributed by atoms with E-state index in [9.17, 15) is 4.79 Å². The minimum absolute atomic E-state index is 0.206. The number of phenols is 1. The van der Waals surface area contributed by atoms with Gasteiger partial charge in [0.15, 0.2) is 0 Å². The van der Waals surface area contributed by atoms with E-state index < -0.39 is 0 Å². The molecular weight excluding hydrogens is 206 g/mol. The summed E-state index contributed by atoms with van der Waals surface area (Å²) in [7, 11) is 0. The highest BCUT2D eigenvalue weighted by atomic mass is 16.5. The maximum absolute atomic E-state index is 11.1. The molecule has 1 rings (SSSR count). The van der Waals surface area contributed by atoms with Crippen LogP contribution in [0.2, 0.25) is 0 Å². The van der Waals surface area contributed by atoms with Crippen LogP contribution in [0.15, 0.2) is 36.0 Å². The zero-order chi connectivity index (χ0) is 12.0. The van der Waals surface area contributed by atoms with Gasteiger partial charge in [-0.05, 0) is 38.1 Å². The highest BCUT2D eigenvalue weighted by Crippen LogP contribution is 2.15. The monoisotopic (exact) mass is 221 g/mol. The Kier molecular flexibility index (Phi) is 4.39. The average molecular weight is 221 g/mol. The van der Waals surface area contributed by atoms with Gasteiger partial charge >= 0.3 is 5.97 Å². The first-order valence-corrected chi connectivity index (χ1v) is 5.03. The SMILES string of the molecule is CCOC(=O)/C=C(\C)Nc1ccc(O)cc1. The van der Waals surface area contributed by atoms with Crippen LogP contribution in [0.3, 0.4) is 0 Å². The minimum Gasteiger partial charge on any atom is -0.508 e. The van der Waals surface area contributed by atoms with E-state index in [1.165, 1.54) is 6.08 Å². The molecule has 0 saturated heterocycles. The van der Waals surface area contributed by atoms with Gasteiger partial charge in [-0.1, -0.05) is 0 Å². The lowest BCUT2D eigenvalue weighted by Gasteiger charge is -2.06. The van der Waals surface area contributed by atoms with Crippen molar-refractivity contribution in [3.05, 3.63) is 36.0 Å². The summed E-state index contributed by atoms with van der Waals surface area (Å²) < 4.78 is 4.77. The number of nitrogens with one attached hydrogen (secondary N) is 1. The number of aromatic hydroxyl groups is 1. The number of hydrogen-bond acceptors (Lipinski definition) is 4. The van der Waals surface area contributed by atoms with Crippen molar-refractivity contribution in [1.82, 2.24) is 0 Å². The summed E-state index contributed by atoms with van der Waals surface area (Å²) in [5.41, 5.74) is 1.49. The van der Waals surface area contributed by atoms with E-state index in [2.05, 4.69) is 5.32 Å². The molecule has 0 aliphatic rings. The number of esters is 1. The maximum atomic E-state index is 11.1. The minimum atomic E-state index is -0.369. The van der Waals surface area contributed by atoms with Crippen molar-refractivity contribution in [2.24, 2.45) is 0 Å². The molecule has 0 heterocycles. The first-order chi connectivity index (χ1) is 7.61. The van der Waals surface area contributed by atoms with Gasteiger partial charge in [-0.25, -0.2) is 4.79 Å². The van der Waals surface area contributed by atoms with Crippen LogP contribution in [0.5, 0.6) is 5.75 Å². The van der Waals surface area contributed by atoms with E-state index in [1.807, 2.05) is 0 Å². The van der Waals surface area contributed by atoms with Gasteiger partial charge in [0.2, 0.25) is 0 Å². The predicted octanol–water partition coefficient (Wildman–Crippen LogP) is 2.27. The fourth-order valence-electron chi connectivity index (χ4n) is 1.17. The van der Waals surface area contributed by atoms with Crippen molar-refractivity contribution in [2.45, 2.75) is 13.8 Å². The first kappa shape index (κ1) is 12.1. The summed E-state index contributed by atoms with van der Waals surface area (Å²) in [5.74, 6) is -0.163. The van der Waals surface area contributed by atoms with Crippen LogP contribution in [0.4, 0.5) is 5.69 Å². The van der Waals surface area contributed by atoms with Gasteiger partial charge in [-0.2, -0.15) is 0 Å². The summed E-state index contributed by atoms with van der Waals surface area (Å²) >= 11 is 0. The molecule has 0 unspecified atom stereocenters. The smallest absolute Gasteiger partial charge is 0.332 e. The zero-order valence-electron chi connectivity index (χ0n) is 9.36. The molecule has 0 spiro atoms. The molecule has 0 aromatic heterocycles. The number of carbonyl (C=O) groups excluding carboxylic acids is 1. The Morgan fingerprint density at radius 3 is 2.62 bits per heavy atom. The Balaban J connectivity index is 2.60. The number of allylic oxidation sites excluding steroid dienone is 1. The van der Waals surface area contributed by atoms with E-state index in [-0.39, 0.29) is 11.7 Å². The molecule has 0 amide bonds. The number of hydrogen-bond donors (Lipinski definition) is 2. The third-order valence-electron chi connectivity index (χ3n) is 1.83. The average Bonchev–Trinajstić information content (AvgIpc) is 2.21. The van der Waals surface area contributed by atoms with Gasteiger partial charge in [0.1, 0.15) is 5.75 Å². The molecule has 16 heavy (non-hydrogen) atoms.